The molecule has 0 bridgehead atoms. The number of likely N-dealkylation sites (N-methyl/N-ethyl adjacent to an activating group) is 1. The summed E-state index contributed by atoms with van der Waals surface area (Å²) in [6.07, 6.45) is 3.99. The van der Waals surface area contributed by atoms with Crippen LogP contribution in [0.25, 0.3) is 0 Å². The summed E-state index contributed by atoms with van der Waals surface area (Å²) >= 11 is 0. The lowest BCUT2D eigenvalue weighted by Gasteiger charge is -2.37. The summed E-state index contributed by atoms with van der Waals surface area (Å²) in [7, 11) is 2.13. The van der Waals surface area contributed by atoms with E-state index < -0.39 is 0 Å². The van der Waals surface area contributed by atoms with Gasteiger partial charge >= 0.3 is 0 Å². The average molecular weight is 185 g/mol. The predicted octanol–water partition coefficient (Wildman–Crippen LogP) is 1.74. The molecule has 2 unspecified atom stereocenters. The lowest BCUT2D eigenvalue weighted by molar-refractivity contribution is 0.113. The van der Waals surface area contributed by atoms with E-state index in [1.807, 2.05) is 0 Å². The Labute approximate surface area is 81.9 Å². The van der Waals surface area contributed by atoms with Gasteiger partial charge < -0.3 is 10.0 Å². The lowest BCUT2D eigenvalue weighted by atomic mass is 9.80. The van der Waals surface area contributed by atoms with Gasteiger partial charge in [0.15, 0.2) is 0 Å². The summed E-state index contributed by atoms with van der Waals surface area (Å²) in [5.74, 6) is 1.71. The molecular weight excluding hydrogens is 162 g/mol. The smallest absolute Gasteiger partial charge is 0.0558 e. The largest absolute Gasteiger partial charge is 0.395 e. The number of hydrogen-bond donors (Lipinski definition) is 1. The molecule has 0 heterocycles. The summed E-state index contributed by atoms with van der Waals surface area (Å²) in [4.78, 5) is 2.31. The van der Waals surface area contributed by atoms with Crippen molar-refractivity contribution in [3.63, 3.8) is 0 Å². The van der Waals surface area contributed by atoms with Crippen LogP contribution in [0.15, 0.2) is 0 Å². The highest BCUT2D eigenvalue weighted by Gasteiger charge is 2.26. The van der Waals surface area contributed by atoms with E-state index in [0.29, 0.717) is 6.04 Å². The molecule has 0 aliphatic heterocycles. The maximum Gasteiger partial charge on any atom is 0.0558 e. The molecule has 0 aromatic heterocycles. The fraction of sp³-hybridized carbons (Fsp3) is 1.00. The van der Waals surface area contributed by atoms with Gasteiger partial charge in [0.1, 0.15) is 0 Å². The Bertz CT molecular complexity index is 139. The van der Waals surface area contributed by atoms with Gasteiger partial charge in [-0.1, -0.05) is 13.8 Å². The lowest BCUT2D eigenvalue weighted by Crippen LogP contribution is -2.39. The van der Waals surface area contributed by atoms with Crippen molar-refractivity contribution in [1.82, 2.24) is 4.90 Å². The van der Waals surface area contributed by atoms with Crippen LogP contribution < -0.4 is 0 Å². The van der Waals surface area contributed by atoms with Gasteiger partial charge in [-0.2, -0.15) is 0 Å². The first-order valence-electron chi connectivity index (χ1n) is 5.44. The van der Waals surface area contributed by atoms with Crippen LogP contribution >= 0.6 is 0 Å². The Balaban J connectivity index is 2.40. The molecule has 1 fully saturated rings. The molecule has 0 amide bonds. The SMILES string of the molecule is CC1CC(C)CC(N(C)CCO)C1. The van der Waals surface area contributed by atoms with Crippen molar-refractivity contribution in [2.75, 3.05) is 20.2 Å². The van der Waals surface area contributed by atoms with Crippen LogP contribution in [-0.4, -0.2) is 36.2 Å². The molecule has 0 spiro atoms. The van der Waals surface area contributed by atoms with Gasteiger partial charge in [0.05, 0.1) is 6.61 Å². The summed E-state index contributed by atoms with van der Waals surface area (Å²) in [6, 6.07) is 0.700. The zero-order chi connectivity index (χ0) is 9.84. The van der Waals surface area contributed by atoms with Crippen LogP contribution in [0.5, 0.6) is 0 Å². The molecule has 1 saturated carbocycles. The van der Waals surface area contributed by atoms with Crippen LogP contribution in [0, 0.1) is 11.8 Å². The summed E-state index contributed by atoms with van der Waals surface area (Å²) in [5, 5.41) is 8.86. The Kier molecular flexibility index (Phi) is 4.20. The minimum absolute atomic E-state index is 0.287. The Morgan fingerprint density at radius 1 is 1.15 bits per heavy atom. The topological polar surface area (TPSA) is 23.5 Å². The fourth-order valence-electron chi connectivity index (χ4n) is 2.60. The molecule has 78 valence electrons. The third-order valence-electron chi connectivity index (χ3n) is 3.23. The van der Waals surface area contributed by atoms with Gasteiger partial charge in [-0.05, 0) is 38.1 Å². The molecule has 0 saturated heterocycles. The predicted molar refractivity (Wildman–Crippen MR) is 55.7 cm³/mol. The van der Waals surface area contributed by atoms with Gasteiger partial charge in [0.2, 0.25) is 0 Å². The van der Waals surface area contributed by atoms with Crippen LogP contribution in [0.3, 0.4) is 0 Å². The quantitative estimate of drug-likeness (QED) is 0.724. The molecule has 1 aliphatic carbocycles. The molecular formula is C11H23NO. The van der Waals surface area contributed by atoms with Crippen molar-refractivity contribution < 1.29 is 5.11 Å². The highest BCUT2D eigenvalue weighted by atomic mass is 16.3. The van der Waals surface area contributed by atoms with Crippen LogP contribution in [0.2, 0.25) is 0 Å². The minimum atomic E-state index is 0.287. The number of rotatable bonds is 3. The Morgan fingerprint density at radius 3 is 2.15 bits per heavy atom. The van der Waals surface area contributed by atoms with E-state index >= 15 is 0 Å². The standard InChI is InChI=1S/C11H23NO/c1-9-6-10(2)8-11(7-9)12(3)4-5-13/h9-11,13H,4-8H2,1-3H3. The van der Waals surface area contributed by atoms with Crippen LogP contribution in [0.4, 0.5) is 0 Å². The second-order valence-electron chi connectivity index (χ2n) is 4.78. The maximum atomic E-state index is 8.86. The van der Waals surface area contributed by atoms with Crippen molar-refractivity contribution in [2.24, 2.45) is 11.8 Å². The Morgan fingerprint density at radius 2 is 1.69 bits per heavy atom. The molecule has 0 aromatic carbocycles. The summed E-state index contributed by atoms with van der Waals surface area (Å²) < 4.78 is 0. The summed E-state index contributed by atoms with van der Waals surface area (Å²) in [5.41, 5.74) is 0. The van der Waals surface area contributed by atoms with Gasteiger partial charge in [0, 0.05) is 12.6 Å². The van der Waals surface area contributed by atoms with Gasteiger partial charge in [-0.3, -0.25) is 0 Å². The second-order valence-corrected chi connectivity index (χ2v) is 4.78. The first-order valence-corrected chi connectivity index (χ1v) is 5.44. The molecule has 0 radical (unpaired) electrons. The number of nitrogens with zero attached hydrogens (tertiary/aromatic N) is 1. The molecule has 1 N–H and O–H groups in total. The van der Waals surface area contributed by atoms with Crippen molar-refractivity contribution in [3.8, 4) is 0 Å². The van der Waals surface area contributed by atoms with E-state index in [4.69, 9.17) is 5.11 Å². The van der Waals surface area contributed by atoms with E-state index in [1.165, 1.54) is 19.3 Å². The molecule has 2 atom stereocenters. The van der Waals surface area contributed by atoms with E-state index in [1.54, 1.807) is 0 Å². The van der Waals surface area contributed by atoms with Gasteiger partial charge in [-0.15, -0.1) is 0 Å². The first-order chi connectivity index (χ1) is 6.13. The minimum Gasteiger partial charge on any atom is -0.395 e. The highest BCUT2D eigenvalue weighted by molar-refractivity contribution is 4.80. The van der Waals surface area contributed by atoms with Crippen LogP contribution in [-0.2, 0) is 0 Å². The van der Waals surface area contributed by atoms with Crippen molar-refractivity contribution in [3.05, 3.63) is 0 Å². The van der Waals surface area contributed by atoms with E-state index in [9.17, 15) is 0 Å². The normalized spacial score (nSPS) is 35.3. The van der Waals surface area contributed by atoms with E-state index in [2.05, 4.69) is 25.8 Å². The molecule has 2 heteroatoms. The zero-order valence-corrected chi connectivity index (χ0v) is 9.16. The molecule has 1 rings (SSSR count). The second kappa shape index (κ2) is 4.97. The molecule has 2 nitrogen and oxygen atoms in total. The van der Waals surface area contributed by atoms with E-state index in [-0.39, 0.29) is 6.61 Å². The first kappa shape index (κ1) is 11.0. The van der Waals surface area contributed by atoms with Gasteiger partial charge in [0.25, 0.3) is 0 Å². The summed E-state index contributed by atoms with van der Waals surface area (Å²) in [6.45, 7) is 5.80. The maximum absolute atomic E-state index is 8.86. The van der Waals surface area contributed by atoms with Crippen molar-refractivity contribution in [2.45, 2.75) is 39.2 Å². The zero-order valence-electron chi connectivity index (χ0n) is 9.16. The highest BCUT2D eigenvalue weighted by Crippen LogP contribution is 2.30. The van der Waals surface area contributed by atoms with Crippen molar-refractivity contribution >= 4 is 0 Å². The third kappa shape index (κ3) is 3.28. The van der Waals surface area contributed by atoms with Crippen molar-refractivity contribution in [1.29, 1.82) is 0 Å². The van der Waals surface area contributed by atoms with Gasteiger partial charge in [-0.25, -0.2) is 0 Å². The fourth-order valence-corrected chi connectivity index (χ4v) is 2.60. The third-order valence-corrected chi connectivity index (χ3v) is 3.23. The number of aliphatic hydroxyl groups excluding tert-OH is 1. The number of hydrogen-bond acceptors (Lipinski definition) is 2. The molecule has 13 heavy (non-hydrogen) atoms. The van der Waals surface area contributed by atoms with Crippen LogP contribution in [0.1, 0.15) is 33.1 Å². The van der Waals surface area contributed by atoms with E-state index in [0.717, 1.165) is 18.4 Å². The monoisotopic (exact) mass is 185 g/mol. The number of aliphatic hydroxyl groups is 1. The molecule has 0 aromatic rings. The molecule has 1 aliphatic rings. The average Bonchev–Trinajstić information content (AvgIpc) is 2.03. The Hall–Kier alpha value is -0.0800.